The Hall–Kier alpha value is -0.880. The minimum Gasteiger partial charge on any atom is -0.396 e. The summed E-state index contributed by atoms with van der Waals surface area (Å²) in [7, 11) is -2.85. The summed E-state index contributed by atoms with van der Waals surface area (Å²) in [6.07, 6.45) is 1.16. The molecule has 1 aromatic rings. The lowest BCUT2D eigenvalue weighted by Gasteiger charge is -2.21. The summed E-state index contributed by atoms with van der Waals surface area (Å²) in [5, 5.41) is 7.87. The van der Waals surface area contributed by atoms with Crippen LogP contribution < -0.4 is 5.73 Å². The molecule has 0 bridgehead atoms. The van der Waals surface area contributed by atoms with Gasteiger partial charge in [-0.1, -0.05) is 11.6 Å². The van der Waals surface area contributed by atoms with E-state index in [-0.39, 0.29) is 22.6 Å². The molecule has 7 heteroatoms. The number of halogens is 1. The van der Waals surface area contributed by atoms with Crippen molar-refractivity contribution >= 4 is 27.1 Å². The number of sulfone groups is 1. The molecule has 0 saturated carbocycles. The first-order valence-electron chi connectivity index (χ1n) is 4.97. The smallest absolute Gasteiger partial charge is 0.174 e. The first kappa shape index (κ1) is 11.6. The van der Waals surface area contributed by atoms with E-state index in [2.05, 4.69) is 10.2 Å². The van der Waals surface area contributed by atoms with E-state index in [4.69, 9.17) is 17.3 Å². The molecule has 0 amide bonds. The first-order valence-corrected chi connectivity index (χ1v) is 7.17. The zero-order chi connectivity index (χ0) is 11.8. The number of anilines is 1. The predicted molar refractivity (Wildman–Crippen MR) is 62.1 cm³/mol. The van der Waals surface area contributed by atoms with Gasteiger partial charge >= 0.3 is 0 Å². The molecule has 1 aromatic heterocycles. The molecule has 1 aliphatic rings. The number of nitrogens with two attached hydrogens (primary N) is 1. The molecule has 88 valence electrons. The van der Waals surface area contributed by atoms with E-state index in [0.29, 0.717) is 18.5 Å². The zero-order valence-corrected chi connectivity index (χ0v) is 10.1. The van der Waals surface area contributed by atoms with Crippen molar-refractivity contribution in [1.29, 1.82) is 0 Å². The van der Waals surface area contributed by atoms with E-state index >= 15 is 0 Å². The molecule has 2 N–H and O–H groups in total. The molecular weight excluding hydrogens is 250 g/mol. The second-order valence-electron chi connectivity index (χ2n) is 3.94. The highest BCUT2D eigenvalue weighted by molar-refractivity contribution is 7.91. The molecule has 0 aromatic carbocycles. The summed E-state index contributed by atoms with van der Waals surface area (Å²) < 4.78 is 22.5. The highest BCUT2D eigenvalue weighted by Crippen LogP contribution is 2.29. The van der Waals surface area contributed by atoms with E-state index < -0.39 is 9.84 Å². The fourth-order valence-corrected chi connectivity index (χ4v) is 3.38. The van der Waals surface area contributed by atoms with Crippen LogP contribution in [-0.2, 0) is 9.84 Å². The molecular formula is C9H12ClN3O2S. The fraction of sp³-hybridized carbons (Fsp3) is 0.556. The molecule has 1 saturated heterocycles. The first-order chi connectivity index (χ1) is 7.48. The molecule has 1 aliphatic heterocycles. The van der Waals surface area contributed by atoms with Crippen molar-refractivity contribution in [2.45, 2.75) is 18.8 Å². The van der Waals surface area contributed by atoms with Crippen LogP contribution in [0.25, 0.3) is 0 Å². The summed E-state index contributed by atoms with van der Waals surface area (Å²) in [5.74, 6) is 0.541. The third kappa shape index (κ3) is 2.44. The minimum absolute atomic E-state index is 0.121. The molecule has 2 heterocycles. The Labute approximate surface area is 98.9 Å². The lowest BCUT2D eigenvalue weighted by atomic mass is 9.98. The van der Waals surface area contributed by atoms with Crippen LogP contribution in [0.1, 0.15) is 24.5 Å². The number of nitrogen functional groups attached to an aromatic ring is 1. The monoisotopic (exact) mass is 261 g/mol. The molecule has 0 aliphatic carbocycles. The van der Waals surface area contributed by atoms with Gasteiger partial charge in [-0.15, -0.1) is 5.10 Å². The number of hydrogen-bond acceptors (Lipinski definition) is 5. The van der Waals surface area contributed by atoms with Crippen molar-refractivity contribution in [2.24, 2.45) is 0 Å². The van der Waals surface area contributed by atoms with Gasteiger partial charge in [0.05, 0.1) is 22.9 Å². The van der Waals surface area contributed by atoms with Crippen LogP contribution in [0.3, 0.4) is 0 Å². The van der Waals surface area contributed by atoms with Crippen molar-refractivity contribution in [3.05, 3.63) is 16.9 Å². The lowest BCUT2D eigenvalue weighted by Crippen LogP contribution is -2.23. The predicted octanol–water partition coefficient (Wildman–Crippen LogP) is 1.00. The normalized spacial score (nSPS) is 20.8. The third-order valence-corrected chi connectivity index (χ3v) is 4.78. The minimum atomic E-state index is -2.85. The van der Waals surface area contributed by atoms with Gasteiger partial charge in [0.15, 0.2) is 5.15 Å². The topological polar surface area (TPSA) is 85.9 Å². The molecule has 0 spiro atoms. The Morgan fingerprint density at radius 2 is 1.94 bits per heavy atom. The van der Waals surface area contributed by atoms with Gasteiger partial charge in [0.1, 0.15) is 9.84 Å². The number of hydrogen-bond donors (Lipinski definition) is 1. The van der Waals surface area contributed by atoms with Crippen LogP contribution in [-0.4, -0.2) is 30.1 Å². The molecule has 0 unspecified atom stereocenters. The highest BCUT2D eigenvalue weighted by Gasteiger charge is 2.26. The number of rotatable bonds is 1. The Morgan fingerprint density at radius 1 is 1.31 bits per heavy atom. The second kappa shape index (κ2) is 4.18. The van der Waals surface area contributed by atoms with Crippen LogP contribution in [0.5, 0.6) is 0 Å². The average Bonchev–Trinajstić information content (AvgIpc) is 2.22. The zero-order valence-electron chi connectivity index (χ0n) is 8.56. The fourth-order valence-electron chi connectivity index (χ4n) is 1.79. The summed E-state index contributed by atoms with van der Waals surface area (Å²) >= 11 is 5.67. The van der Waals surface area contributed by atoms with Crippen molar-refractivity contribution in [1.82, 2.24) is 10.2 Å². The number of nitrogens with zero attached hydrogens (tertiary/aromatic N) is 2. The van der Waals surface area contributed by atoms with E-state index in [0.717, 1.165) is 5.69 Å². The maximum atomic E-state index is 11.3. The van der Waals surface area contributed by atoms with Crippen molar-refractivity contribution in [3.63, 3.8) is 0 Å². The van der Waals surface area contributed by atoms with Gasteiger partial charge in [-0.05, 0) is 18.9 Å². The number of aromatic nitrogens is 2. The Kier molecular flexibility index (Phi) is 3.03. The molecule has 16 heavy (non-hydrogen) atoms. The molecule has 1 fully saturated rings. The Balaban J connectivity index is 2.17. The largest absolute Gasteiger partial charge is 0.396 e. The molecule has 0 atom stereocenters. The summed E-state index contributed by atoms with van der Waals surface area (Å²) in [5.41, 5.74) is 6.75. The van der Waals surface area contributed by atoms with Crippen molar-refractivity contribution < 1.29 is 8.42 Å². The summed E-state index contributed by atoms with van der Waals surface area (Å²) in [4.78, 5) is 0. The van der Waals surface area contributed by atoms with Gasteiger partial charge in [0.25, 0.3) is 0 Å². The maximum absolute atomic E-state index is 11.3. The standard InChI is InChI=1S/C9H12ClN3O2S/c10-9-7(11)5-8(12-13-9)6-1-3-16(14,15)4-2-6/h5-6H,1-4H2,(H2,11,12). The molecule has 2 rings (SSSR count). The van der Waals surface area contributed by atoms with Crippen molar-refractivity contribution in [2.75, 3.05) is 17.2 Å². The second-order valence-corrected chi connectivity index (χ2v) is 6.60. The quantitative estimate of drug-likeness (QED) is 0.815. The van der Waals surface area contributed by atoms with Gasteiger partial charge in [-0.25, -0.2) is 8.42 Å². The van der Waals surface area contributed by atoms with E-state index in [1.807, 2.05) is 0 Å². The van der Waals surface area contributed by atoms with E-state index in [1.54, 1.807) is 6.07 Å². The van der Waals surface area contributed by atoms with Gasteiger partial charge < -0.3 is 5.73 Å². The van der Waals surface area contributed by atoms with Crippen molar-refractivity contribution in [3.8, 4) is 0 Å². The van der Waals surface area contributed by atoms with Gasteiger partial charge in [0, 0.05) is 5.92 Å². The SMILES string of the molecule is Nc1cc(C2CCS(=O)(=O)CC2)nnc1Cl. The van der Waals surface area contributed by atoms with Crippen LogP contribution >= 0.6 is 11.6 Å². The molecule has 0 radical (unpaired) electrons. The lowest BCUT2D eigenvalue weighted by molar-refractivity contribution is 0.541. The van der Waals surface area contributed by atoms with E-state index in [1.165, 1.54) is 0 Å². The Morgan fingerprint density at radius 3 is 2.50 bits per heavy atom. The van der Waals surface area contributed by atoms with Gasteiger partial charge in [-0.2, -0.15) is 5.10 Å². The summed E-state index contributed by atoms with van der Waals surface area (Å²) in [6.45, 7) is 0. The maximum Gasteiger partial charge on any atom is 0.174 e. The van der Waals surface area contributed by atoms with Crippen LogP contribution in [0.4, 0.5) is 5.69 Å². The highest BCUT2D eigenvalue weighted by atomic mass is 35.5. The van der Waals surface area contributed by atoms with Crippen LogP contribution in [0, 0.1) is 0 Å². The summed E-state index contributed by atoms with van der Waals surface area (Å²) in [6, 6.07) is 1.68. The molecule has 5 nitrogen and oxygen atoms in total. The third-order valence-electron chi connectivity index (χ3n) is 2.77. The van der Waals surface area contributed by atoms with Crippen LogP contribution in [0.2, 0.25) is 5.15 Å². The van der Waals surface area contributed by atoms with Gasteiger partial charge in [0.2, 0.25) is 0 Å². The Bertz CT molecular complexity index is 489. The average molecular weight is 262 g/mol. The van der Waals surface area contributed by atoms with Gasteiger partial charge in [-0.3, -0.25) is 0 Å². The van der Waals surface area contributed by atoms with E-state index in [9.17, 15) is 8.42 Å². The van der Waals surface area contributed by atoms with Crippen LogP contribution in [0.15, 0.2) is 6.07 Å².